The van der Waals surface area contributed by atoms with E-state index in [-0.39, 0.29) is 41.8 Å². The smallest absolute Gasteiger partial charge is 0.355 e. The second-order valence-corrected chi connectivity index (χ2v) is 5.63. The van der Waals surface area contributed by atoms with Crippen LogP contribution in [0.15, 0.2) is 0 Å². The van der Waals surface area contributed by atoms with Crippen LogP contribution in [0.4, 0.5) is 13.2 Å². The molecule has 0 aliphatic heterocycles. The number of hydrogen-bond acceptors (Lipinski definition) is 3. The lowest BCUT2D eigenvalue weighted by atomic mass is 9.79. The van der Waals surface area contributed by atoms with E-state index in [0.717, 1.165) is 25.7 Å². The number of nitrogens with one attached hydrogen (secondary N) is 1. The molecule has 0 spiro atoms. The maximum absolute atomic E-state index is 11.9. The van der Waals surface area contributed by atoms with Gasteiger partial charge in [0.2, 0.25) is 5.91 Å². The summed E-state index contributed by atoms with van der Waals surface area (Å²) in [5.74, 6) is -0.239. The molecule has 0 aromatic carbocycles. The van der Waals surface area contributed by atoms with Crippen LogP contribution in [-0.2, 0) is 4.79 Å². The molecule has 1 amide bonds. The van der Waals surface area contributed by atoms with Crippen LogP contribution < -0.4 is 11.1 Å². The molecule has 3 N–H and O–H groups in total. The van der Waals surface area contributed by atoms with Gasteiger partial charge in [-0.15, -0.1) is 0 Å². The van der Waals surface area contributed by atoms with Gasteiger partial charge >= 0.3 is 5.51 Å². The van der Waals surface area contributed by atoms with Crippen molar-refractivity contribution in [3.8, 4) is 0 Å². The summed E-state index contributed by atoms with van der Waals surface area (Å²) in [5.41, 5.74) is 1.38. The Bertz CT molecular complexity index is 274. The first-order valence-corrected chi connectivity index (χ1v) is 7.11. The Morgan fingerprint density at radius 1 is 1.33 bits per heavy atom. The third-order valence-electron chi connectivity index (χ3n) is 3.22. The Hall–Kier alpha value is -0.430. The predicted octanol–water partition coefficient (Wildman–Crippen LogP) is 2.12. The molecule has 0 aromatic heterocycles. The number of carbonyl (C=O) groups is 1. The summed E-state index contributed by atoms with van der Waals surface area (Å²) in [5, 5.41) is 2.57. The van der Waals surface area contributed by atoms with Crippen LogP contribution in [0.5, 0.6) is 0 Å². The normalized spacial score (nSPS) is 24.9. The monoisotopic (exact) mass is 284 g/mol. The van der Waals surface area contributed by atoms with Gasteiger partial charge in [-0.25, -0.2) is 0 Å². The van der Waals surface area contributed by atoms with Gasteiger partial charge in [0.1, 0.15) is 0 Å². The molecule has 2 unspecified atom stereocenters. The number of amides is 1. The molecule has 2 atom stereocenters. The highest BCUT2D eigenvalue weighted by molar-refractivity contribution is 8.00. The Labute approximate surface area is 109 Å². The molecule has 106 valence electrons. The minimum Gasteiger partial charge on any atom is -0.355 e. The van der Waals surface area contributed by atoms with Gasteiger partial charge < -0.3 is 11.1 Å². The minimum absolute atomic E-state index is 0.0524. The van der Waals surface area contributed by atoms with Crippen LogP contribution in [0.3, 0.4) is 0 Å². The molecule has 0 aromatic rings. The van der Waals surface area contributed by atoms with Gasteiger partial charge in [-0.05, 0) is 37.1 Å². The maximum atomic E-state index is 11.9. The second kappa shape index (κ2) is 7.23. The fourth-order valence-corrected chi connectivity index (χ4v) is 2.74. The number of hydrogen-bond donors (Lipinski definition) is 2. The summed E-state index contributed by atoms with van der Waals surface area (Å²) in [6, 6.07) is 0. The quantitative estimate of drug-likeness (QED) is 0.760. The van der Waals surface area contributed by atoms with Crippen molar-refractivity contribution in [3.63, 3.8) is 0 Å². The van der Waals surface area contributed by atoms with Crippen molar-refractivity contribution in [2.24, 2.45) is 17.6 Å². The van der Waals surface area contributed by atoms with Crippen LogP contribution in [0, 0.1) is 11.8 Å². The Kier molecular flexibility index (Phi) is 6.28. The van der Waals surface area contributed by atoms with Crippen molar-refractivity contribution in [2.45, 2.75) is 31.2 Å². The third-order valence-corrected chi connectivity index (χ3v) is 3.95. The molecule has 18 heavy (non-hydrogen) atoms. The first-order valence-electron chi connectivity index (χ1n) is 6.12. The largest absolute Gasteiger partial charge is 0.441 e. The highest BCUT2D eigenvalue weighted by atomic mass is 32.2. The molecule has 0 saturated heterocycles. The zero-order chi connectivity index (χ0) is 13.6. The molecule has 0 bridgehead atoms. The first kappa shape index (κ1) is 15.6. The summed E-state index contributed by atoms with van der Waals surface area (Å²) in [6.45, 7) is 0.520. The SMILES string of the molecule is NCC1CCCCC1C(=O)NCCSC(F)(F)F. The van der Waals surface area contributed by atoms with E-state index in [1.54, 1.807) is 0 Å². The van der Waals surface area contributed by atoms with Crippen molar-refractivity contribution in [1.29, 1.82) is 0 Å². The molecule has 1 fully saturated rings. The van der Waals surface area contributed by atoms with Crippen LogP contribution in [0.25, 0.3) is 0 Å². The molecule has 1 rings (SSSR count). The van der Waals surface area contributed by atoms with Crippen molar-refractivity contribution in [2.75, 3.05) is 18.8 Å². The lowest BCUT2D eigenvalue weighted by Gasteiger charge is -2.29. The van der Waals surface area contributed by atoms with Gasteiger partial charge in [0, 0.05) is 18.2 Å². The highest BCUT2D eigenvalue weighted by Crippen LogP contribution is 2.30. The second-order valence-electron chi connectivity index (χ2n) is 4.47. The van der Waals surface area contributed by atoms with E-state index in [1.807, 2.05) is 0 Å². The average Bonchev–Trinajstić information content (AvgIpc) is 2.33. The van der Waals surface area contributed by atoms with E-state index >= 15 is 0 Å². The lowest BCUT2D eigenvalue weighted by molar-refractivity contribution is -0.127. The third kappa shape index (κ3) is 5.48. The Morgan fingerprint density at radius 2 is 2.00 bits per heavy atom. The van der Waals surface area contributed by atoms with Crippen molar-refractivity contribution >= 4 is 17.7 Å². The maximum Gasteiger partial charge on any atom is 0.441 e. The van der Waals surface area contributed by atoms with Gasteiger partial charge in [0.05, 0.1) is 0 Å². The Balaban J connectivity index is 2.27. The zero-order valence-electron chi connectivity index (χ0n) is 10.1. The zero-order valence-corrected chi connectivity index (χ0v) is 10.9. The highest BCUT2D eigenvalue weighted by Gasteiger charge is 2.30. The number of nitrogens with two attached hydrogens (primary N) is 1. The van der Waals surface area contributed by atoms with Gasteiger partial charge in [-0.2, -0.15) is 13.2 Å². The molecule has 3 nitrogen and oxygen atoms in total. The number of halogens is 3. The fraction of sp³-hybridized carbons (Fsp3) is 0.909. The van der Waals surface area contributed by atoms with Crippen molar-refractivity contribution in [3.05, 3.63) is 0 Å². The molecule has 1 aliphatic carbocycles. The molecular formula is C11H19F3N2OS. The first-order chi connectivity index (χ1) is 8.44. The van der Waals surface area contributed by atoms with E-state index in [2.05, 4.69) is 5.32 Å². The van der Waals surface area contributed by atoms with Crippen LogP contribution in [-0.4, -0.2) is 30.3 Å². The number of thioether (sulfide) groups is 1. The van der Waals surface area contributed by atoms with Crippen LogP contribution in [0.2, 0.25) is 0 Å². The molecule has 0 radical (unpaired) electrons. The van der Waals surface area contributed by atoms with Gasteiger partial charge in [-0.1, -0.05) is 12.8 Å². The summed E-state index contributed by atoms with van der Waals surface area (Å²) in [7, 11) is 0. The van der Waals surface area contributed by atoms with Gasteiger partial charge in [-0.3, -0.25) is 4.79 Å². The molecule has 1 saturated carbocycles. The number of rotatable bonds is 5. The van der Waals surface area contributed by atoms with Gasteiger partial charge in [0.25, 0.3) is 0 Å². The summed E-state index contributed by atoms with van der Waals surface area (Å²) >= 11 is -0.111. The number of alkyl halides is 3. The fourth-order valence-electron chi connectivity index (χ4n) is 2.31. The predicted molar refractivity (Wildman–Crippen MR) is 66.0 cm³/mol. The van der Waals surface area contributed by atoms with E-state index < -0.39 is 5.51 Å². The summed E-state index contributed by atoms with van der Waals surface area (Å²) < 4.78 is 35.7. The van der Waals surface area contributed by atoms with Crippen molar-refractivity contribution in [1.82, 2.24) is 5.32 Å². The van der Waals surface area contributed by atoms with Crippen LogP contribution in [0.1, 0.15) is 25.7 Å². The van der Waals surface area contributed by atoms with Gasteiger partial charge in [0.15, 0.2) is 0 Å². The molecule has 0 heterocycles. The molecular weight excluding hydrogens is 265 g/mol. The number of carbonyl (C=O) groups excluding carboxylic acids is 1. The molecule has 1 aliphatic rings. The summed E-state index contributed by atoms with van der Waals surface area (Å²) in [4.78, 5) is 11.8. The average molecular weight is 284 g/mol. The van der Waals surface area contributed by atoms with E-state index in [1.165, 1.54) is 0 Å². The topological polar surface area (TPSA) is 55.1 Å². The van der Waals surface area contributed by atoms with E-state index in [4.69, 9.17) is 5.73 Å². The van der Waals surface area contributed by atoms with E-state index in [0.29, 0.717) is 6.54 Å². The summed E-state index contributed by atoms with van der Waals surface area (Å²) in [6.07, 6.45) is 3.80. The lowest BCUT2D eigenvalue weighted by Crippen LogP contribution is -2.40. The van der Waals surface area contributed by atoms with Crippen LogP contribution >= 0.6 is 11.8 Å². The Morgan fingerprint density at radius 3 is 2.61 bits per heavy atom. The van der Waals surface area contributed by atoms with Crippen molar-refractivity contribution < 1.29 is 18.0 Å². The molecule has 7 heteroatoms. The van der Waals surface area contributed by atoms with E-state index in [9.17, 15) is 18.0 Å². The standard InChI is InChI=1S/C11H19F3N2OS/c12-11(13,14)18-6-5-16-10(17)9-4-2-1-3-8(9)7-15/h8-9H,1-7,15H2,(H,16,17). The minimum atomic E-state index is -4.23.